The summed E-state index contributed by atoms with van der Waals surface area (Å²) in [6.07, 6.45) is 3.71. The van der Waals surface area contributed by atoms with Crippen LogP contribution >= 0.6 is 0 Å². The maximum absolute atomic E-state index is 11.3. The number of hydrogen-bond donors (Lipinski definition) is 1. The molecule has 0 unspecified atom stereocenters. The van der Waals surface area contributed by atoms with Crippen LogP contribution in [0.25, 0.3) is 0 Å². The van der Waals surface area contributed by atoms with E-state index in [9.17, 15) is 4.79 Å². The average molecular weight is 277 g/mol. The second-order valence-corrected chi connectivity index (χ2v) is 5.24. The van der Waals surface area contributed by atoms with E-state index in [2.05, 4.69) is 10.1 Å². The van der Waals surface area contributed by atoms with Crippen molar-refractivity contribution in [3.63, 3.8) is 0 Å². The molecule has 4 nitrogen and oxygen atoms in total. The summed E-state index contributed by atoms with van der Waals surface area (Å²) in [5.41, 5.74) is 1.66. The molecule has 1 aromatic rings. The predicted octanol–water partition coefficient (Wildman–Crippen LogP) is 2.38. The Hall–Kier alpha value is -1.39. The summed E-state index contributed by atoms with van der Waals surface area (Å²) in [6.45, 7) is 3.67. The molecule has 2 rings (SSSR count). The molecule has 1 fully saturated rings. The maximum atomic E-state index is 11.3. The summed E-state index contributed by atoms with van der Waals surface area (Å²) in [6, 6.07) is 7.37. The molecule has 0 bridgehead atoms. The summed E-state index contributed by atoms with van der Waals surface area (Å²) in [4.78, 5) is 11.3. The Morgan fingerprint density at radius 1 is 1.35 bits per heavy atom. The zero-order valence-corrected chi connectivity index (χ0v) is 12.1. The van der Waals surface area contributed by atoms with Gasteiger partial charge < -0.3 is 14.8 Å². The van der Waals surface area contributed by atoms with Gasteiger partial charge >= 0.3 is 5.97 Å². The number of methoxy groups -OCH3 is 1. The molecule has 0 aliphatic carbocycles. The first-order chi connectivity index (χ1) is 9.79. The normalized spacial score (nSPS) is 18.8. The highest BCUT2D eigenvalue weighted by atomic mass is 16.5. The van der Waals surface area contributed by atoms with Gasteiger partial charge in [0, 0.05) is 6.61 Å². The van der Waals surface area contributed by atoms with E-state index in [0.29, 0.717) is 12.2 Å². The molecule has 110 valence electrons. The molecule has 0 radical (unpaired) electrons. The highest BCUT2D eigenvalue weighted by Crippen LogP contribution is 2.14. The van der Waals surface area contributed by atoms with Crippen molar-refractivity contribution in [1.82, 2.24) is 5.32 Å². The lowest BCUT2D eigenvalue weighted by Gasteiger charge is -2.22. The van der Waals surface area contributed by atoms with Crippen molar-refractivity contribution < 1.29 is 14.3 Å². The zero-order chi connectivity index (χ0) is 14.2. The monoisotopic (exact) mass is 277 g/mol. The first-order valence-electron chi connectivity index (χ1n) is 7.25. The molecule has 1 heterocycles. The zero-order valence-electron chi connectivity index (χ0n) is 12.1. The van der Waals surface area contributed by atoms with Crippen LogP contribution in [0.3, 0.4) is 0 Å². The van der Waals surface area contributed by atoms with Gasteiger partial charge in [-0.3, -0.25) is 0 Å². The van der Waals surface area contributed by atoms with Crippen molar-refractivity contribution in [3.05, 3.63) is 35.4 Å². The van der Waals surface area contributed by atoms with Gasteiger partial charge in [-0.15, -0.1) is 0 Å². The predicted molar refractivity (Wildman–Crippen MR) is 77.6 cm³/mol. The molecule has 1 aromatic carbocycles. The molecule has 1 N–H and O–H groups in total. The summed E-state index contributed by atoms with van der Waals surface area (Å²) in [5.74, 6) is 0.452. The number of hydrogen-bond acceptors (Lipinski definition) is 4. The molecule has 0 amide bonds. The average Bonchev–Trinajstić information content (AvgIpc) is 2.52. The molecule has 20 heavy (non-hydrogen) atoms. The Morgan fingerprint density at radius 3 is 2.80 bits per heavy atom. The van der Waals surface area contributed by atoms with Crippen LogP contribution in [0.4, 0.5) is 0 Å². The lowest BCUT2D eigenvalue weighted by molar-refractivity contribution is 0.0600. The van der Waals surface area contributed by atoms with Gasteiger partial charge in [0.05, 0.1) is 19.3 Å². The Labute approximate surface area is 120 Å². The molecule has 1 atom stereocenters. The van der Waals surface area contributed by atoms with Gasteiger partial charge in [0.15, 0.2) is 0 Å². The van der Waals surface area contributed by atoms with Crippen LogP contribution in [0.1, 0.15) is 35.2 Å². The summed E-state index contributed by atoms with van der Waals surface area (Å²) < 4.78 is 10.4. The van der Waals surface area contributed by atoms with Crippen molar-refractivity contribution in [2.45, 2.75) is 25.9 Å². The molecule has 1 saturated heterocycles. The Balaban J connectivity index is 1.67. The number of piperidine rings is 1. The van der Waals surface area contributed by atoms with E-state index in [1.54, 1.807) is 12.1 Å². The molecule has 1 aliphatic rings. The van der Waals surface area contributed by atoms with E-state index >= 15 is 0 Å². The van der Waals surface area contributed by atoms with Crippen LogP contribution in [0.2, 0.25) is 0 Å². The third-order valence-corrected chi connectivity index (χ3v) is 3.71. The lowest BCUT2D eigenvalue weighted by atomic mass is 9.97. The fraction of sp³-hybridized carbons (Fsp3) is 0.562. The topological polar surface area (TPSA) is 47.6 Å². The summed E-state index contributed by atoms with van der Waals surface area (Å²) in [5, 5.41) is 3.42. The smallest absolute Gasteiger partial charge is 0.337 e. The van der Waals surface area contributed by atoms with Gasteiger partial charge in [0.25, 0.3) is 0 Å². The van der Waals surface area contributed by atoms with Crippen molar-refractivity contribution in [1.29, 1.82) is 0 Å². The highest BCUT2D eigenvalue weighted by Gasteiger charge is 2.12. The first kappa shape index (κ1) is 15.0. The van der Waals surface area contributed by atoms with Crippen LogP contribution < -0.4 is 5.32 Å². The van der Waals surface area contributed by atoms with Crippen molar-refractivity contribution in [2.75, 3.05) is 26.8 Å². The molecule has 4 heteroatoms. The number of benzene rings is 1. The van der Waals surface area contributed by atoms with Gasteiger partial charge in [0.1, 0.15) is 0 Å². The van der Waals surface area contributed by atoms with Crippen LogP contribution in [0.15, 0.2) is 24.3 Å². The number of esters is 1. The van der Waals surface area contributed by atoms with Crippen LogP contribution in [-0.4, -0.2) is 32.8 Å². The summed E-state index contributed by atoms with van der Waals surface area (Å²) >= 11 is 0. The van der Waals surface area contributed by atoms with E-state index < -0.39 is 0 Å². The number of carbonyl (C=O) groups excluding carboxylic acids is 1. The van der Waals surface area contributed by atoms with Crippen LogP contribution in [0.5, 0.6) is 0 Å². The molecular weight excluding hydrogens is 254 g/mol. The van der Waals surface area contributed by atoms with E-state index in [0.717, 1.165) is 37.6 Å². The van der Waals surface area contributed by atoms with Crippen molar-refractivity contribution in [2.24, 2.45) is 5.92 Å². The van der Waals surface area contributed by atoms with Crippen LogP contribution in [-0.2, 0) is 16.1 Å². The molecule has 0 saturated carbocycles. The summed E-state index contributed by atoms with van der Waals surface area (Å²) in [7, 11) is 1.39. The van der Waals surface area contributed by atoms with E-state index in [4.69, 9.17) is 4.74 Å². The Bertz CT molecular complexity index is 410. The van der Waals surface area contributed by atoms with Crippen LogP contribution in [0, 0.1) is 5.92 Å². The maximum Gasteiger partial charge on any atom is 0.337 e. The minimum atomic E-state index is -0.303. The Kier molecular flexibility index (Phi) is 6.02. The number of carbonyl (C=O) groups is 1. The third-order valence-electron chi connectivity index (χ3n) is 3.71. The minimum Gasteiger partial charge on any atom is -0.465 e. The third kappa shape index (κ3) is 4.62. The lowest BCUT2D eigenvalue weighted by Crippen LogP contribution is -2.30. The molecule has 1 aliphatic heterocycles. The number of rotatable bonds is 6. The standard InChI is InChI=1S/C16H23NO3/c1-19-16(18)15-6-4-14(5-7-15)12-20-10-8-13-3-2-9-17-11-13/h4-7,13,17H,2-3,8-12H2,1H3/t13-/m0/s1. The van der Waals surface area contributed by atoms with E-state index in [1.165, 1.54) is 20.0 Å². The second-order valence-electron chi connectivity index (χ2n) is 5.24. The van der Waals surface area contributed by atoms with E-state index in [1.807, 2.05) is 12.1 Å². The van der Waals surface area contributed by atoms with Gasteiger partial charge in [0.2, 0.25) is 0 Å². The fourth-order valence-electron chi connectivity index (χ4n) is 2.47. The SMILES string of the molecule is COC(=O)c1ccc(COCC[C@@H]2CCCNC2)cc1. The fourth-order valence-corrected chi connectivity index (χ4v) is 2.47. The van der Waals surface area contributed by atoms with E-state index in [-0.39, 0.29) is 5.97 Å². The number of ether oxygens (including phenoxy) is 2. The Morgan fingerprint density at radius 2 is 2.15 bits per heavy atom. The van der Waals surface area contributed by atoms with Gasteiger partial charge in [-0.2, -0.15) is 0 Å². The number of nitrogens with one attached hydrogen (secondary N) is 1. The largest absolute Gasteiger partial charge is 0.465 e. The minimum absolute atomic E-state index is 0.303. The molecule has 0 spiro atoms. The van der Waals surface area contributed by atoms with Gasteiger partial charge in [-0.25, -0.2) is 4.79 Å². The molecule has 0 aromatic heterocycles. The van der Waals surface area contributed by atoms with Gasteiger partial charge in [-0.05, 0) is 56.0 Å². The van der Waals surface area contributed by atoms with Gasteiger partial charge in [-0.1, -0.05) is 12.1 Å². The molecular formula is C16H23NO3. The van der Waals surface area contributed by atoms with Crippen molar-refractivity contribution in [3.8, 4) is 0 Å². The quantitative estimate of drug-likeness (QED) is 0.640. The second kappa shape index (κ2) is 8.02. The first-order valence-corrected chi connectivity index (χ1v) is 7.25. The highest BCUT2D eigenvalue weighted by molar-refractivity contribution is 5.89. The van der Waals surface area contributed by atoms with Crippen molar-refractivity contribution >= 4 is 5.97 Å².